The zero-order valence-electron chi connectivity index (χ0n) is 10.4. The molecule has 4 nitrogen and oxygen atoms in total. The molecule has 0 unspecified atom stereocenters. The van der Waals surface area contributed by atoms with Crippen molar-refractivity contribution in [1.29, 1.82) is 0 Å². The standard InChI is InChI=1S/C13H14ClNO3S/c1-2-13(16)15(11-5-3-4-10(14)8-11)12-6-7-19(17,18)9-12/h3-8,12H,2,9H2,1H3/t12-/m0/s1. The second-order valence-corrected chi connectivity index (χ2v) is 6.69. The van der Waals surface area contributed by atoms with Gasteiger partial charge in [0.1, 0.15) is 0 Å². The van der Waals surface area contributed by atoms with Crippen molar-refractivity contribution in [2.75, 3.05) is 10.7 Å². The second-order valence-electron chi connectivity index (χ2n) is 4.32. The molecule has 1 heterocycles. The van der Waals surface area contributed by atoms with Crippen molar-refractivity contribution in [2.45, 2.75) is 19.4 Å². The SMILES string of the molecule is CCC(=O)N(c1cccc(Cl)c1)[C@H]1C=CS(=O)(=O)C1. The number of carbonyl (C=O) groups excluding carboxylic acids is 1. The van der Waals surface area contributed by atoms with Crippen LogP contribution in [0.25, 0.3) is 0 Å². The number of hydrogen-bond acceptors (Lipinski definition) is 3. The number of sulfone groups is 1. The Morgan fingerprint density at radius 1 is 1.47 bits per heavy atom. The molecule has 0 saturated heterocycles. The van der Waals surface area contributed by atoms with Gasteiger partial charge >= 0.3 is 0 Å². The number of anilines is 1. The van der Waals surface area contributed by atoms with E-state index in [1.165, 1.54) is 4.90 Å². The zero-order valence-corrected chi connectivity index (χ0v) is 12.0. The highest BCUT2D eigenvalue weighted by Gasteiger charge is 2.30. The van der Waals surface area contributed by atoms with E-state index in [9.17, 15) is 13.2 Å². The number of amides is 1. The molecule has 1 atom stereocenters. The normalized spacial score (nSPS) is 20.4. The Balaban J connectivity index is 2.38. The Morgan fingerprint density at radius 2 is 2.21 bits per heavy atom. The van der Waals surface area contributed by atoms with Crippen LogP contribution in [0.4, 0.5) is 5.69 Å². The molecule has 0 spiro atoms. The maximum absolute atomic E-state index is 12.1. The Bertz CT molecular complexity index is 625. The van der Waals surface area contributed by atoms with Gasteiger partial charge in [0, 0.05) is 22.5 Å². The third-order valence-corrected chi connectivity index (χ3v) is 4.51. The maximum Gasteiger partial charge on any atom is 0.227 e. The summed E-state index contributed by atoms with van der Waals surface area (Å²) in [7, 11) is -3.21. The fourth-order valence-corrected chi connectivity index (χ4v) is 3.49. The molecule has 1 aromatic rings. The van der Waals surface area contributed by atoms with Gasteiger partial charge in [-0.25, -0.2) is 8.42 Å². The number of halogens is 1. The number of rotatable bonds is 3. The van der Waals surface area contributed by atoms with E-state index in [1.807, 2.05) is 0 Å². The van der Waals surface area contributed by atoms with Crippen LogP contribution in [0.2, 0.25) is 5.02 Å². The van der Waals surface area contributed by atoms with Gasteiger partial charge < -0.3 is 4.90 Å². The Hall–Kier alpha value is -1.33. The molecule has 0 fully saturated rings. The third-order valence-electron chi connectivity index (χ3n) is 2.90. The average Bonchev–Trinajstić information content (AvgIpc) is 2.69. The zero-order chi connectivity index (χ0) is 14.0. The van der Waals surface area contributed by atoms with Crippen LogP contribution in [-0.2, 0) is 14.6 Å². The third kappa shape index (κ3) is 3.16. The van der Waals surface area contributed by atoms with Gasteiger partial charge in [0.05, 0.1) is 11.8 Å². The number of carbonyl (C=O) groups is 1. The lowest BCUT2D eigenvalue weighted by Crippen LogP contribution is -2.40. The quantitative estimate of drug-likeness (QED) is 0.861. The van der Waals surface area contributed by atoms with Crippen molar-refractivity contribution < 1.29 is 13.2 Å². The Morgan fingerprint density at radius 3 is 2.74 bits per heavy atom. The van der Waals surface area contributed by atoms with Crippen LogP contribution < -0.4 is 4.90 Å². The lowest BCUT2D eigenvalue weighted by Gasteiger charge is -2.27. The van der Waals surface area contributed by atoms with Crippen molar-refractivity contribution in [3.8, 4) is 0 Å². The van der Waals surface area contributed by atoms with Crippen molar-refractivity contribution in [3.05, 3.63) is 40.8 Å². The topological polar surface area (TPSA) is 54.5 Å². The minimum atomic E-state index is -3.21. The molecule has 0 bridgehead atoms. The summed E-state index contributed by atoms with van der Waals surface area (Å²) in [4.78, 5) is 13.6. The van der Waals surface area contributed by atoms with Crippen LogP contribution in [-0.4, -0.2) is 26.1 Å². The molecule has 0 N–H and O–H groups in total. The lowest BCUT2D eigenvalue weighted by atomic mass is 10.2. The first kappa shape index (κ1) is 14.1. The van der Waals surface area contributed by atoms with Crippen molar-refractivity contribution >= 4 is 33.0 Å². The minimum Gasteiger partial charge on any atom is -0.304 e. The highest BCUT2D eigenvalue weighted by molar-refractivity contribution is 7.94. The van der Waals surface area contributed by atoms with Crippen LogP contribution in [0, 0.1) is 0 Å². The van der Waals surface area contributed by atoms with Gasteiger partial charge in [-0.1, -0.05) is 24.6 Å². The van der Waals surface area contributed by atoms with Gasteiger partial charge in [-0.15, -0.1) is 0 Å². The van der Waals surface area contributed by atoms with Crippen LogP contribution >= 0.6 is 11.6 Å². The summed E-state index contributed by atoms with van der Waals surface area (Å²) in [5, 5.41) is 1.68. The van der Waals surface area contributed by atoms with Crippen LogP contribution in [0.1, 0.15) is 13.3 Å². The van der Waals surface area contributed by atoms with E-state index < -0.39 is 15.9 Å². The first-order chi connectivity index (χ1) is 8.93. The largest absolute Gasteiger partial charge is 0.304 e. The second kappa shape index (κ2) is 5.35. The molecule has 2 rings (SSSR count). The molecule has 0 aromatic heterocycles. The van der Waals surface area contributed by atoms with E-state index in [4.69, 9.17) is 11.6 Å². The molecule has 19 heavy (non-hydrogen) atoms. The highest BCUT2D eigenvalue weighted by Crippen LogP contribution is 2.25. The number of benzene rings is 1. The van der Waals surface area contributed by atoms with E-state index in [2.05, 4.69) is 0 Å². The highest BCUT2D eigenvalue weighted by atomic mass is 35.5. The molecule has 1 aliphatic rings. The van der Waals surface area contributed by atoms with Gasteiger partial charge in [0.15, 0.2) is 9.84 Å². The van der Waals surface area contributed by atoms with Crippen molar-refractivity contribution in [3.63, 3.8) is 0 Å². The van der Waals surface area contributed by atoms with Crippen LogP contribution in [0.3, 0.4) is 0 Å². The predicted octanol–water partition coefficient (Wildman–Crippen LogP) is 2.39. The van der Waals surface area contributed by atoms with Gasteiger partial charge in [0.2, 0.25) is 5.91 Å². The summed E-state index contributed by atoms with van der Waals surface area (Å²) in [5.74, 6) is -0.209. The molecule has 1 amide bonds. The first-order valence-corrected chi connectivity index (χ1v) is 8.01. The fraction of sp³-hybridized carbons (Fsp3) is 0.308. The molecule has 0 aliphatic carbocycles. The molecule has 0 saturated carbocycles. The summed E-state index contributed by atoms with van der Waals surface area (Å²) in [5.41, 5.74) is 0.617. The van der Waals surface area contributed by atoms with Gasteiger partial charge in [-0.05, 0) is 24.3 Å². The fourth-order valence-electron chi connectivity index (χ4n) is 2.04. The lowest BCUT2D eigenvalue weighted by molar-refractivity contribution is -0.118. The summed E-state index contributed by atoms with van der Waals surface area (Å²) >= 11 is 5.93. The predicted molar refractivity (Wildman–Crippen MR) is 75.9 cm³/mol. The van der Waals surface area contributed by atoms with Gasteiger partial charge in [-0.3, -0.25) is 4.79 Å². The average molecular weight is 300 g/mol. The Labute approximate surface area is 117 Å². The van der Waals surface area contributed by atoms with Crippen molar-refractivity contribution in [1.82, 2.24) is 0 Å². The summed E-state index contributed by atoms with van der Waals surface area (Å²) in [6, 6.07) is 6.39. The van der Waals surface area contributed by atoms with Crippen LogP contribution in [0.5, 0.6) is 0 Å². The van der Waals surface area contributed by atoms with E-state index in [0.717, 1.165) is 5.41 Å². The monoisotopic (exact) mass is 299 g/mol. The molecule has 102 valence electrons. The number of nitrogens with zero attached hydrogens (tertiary/aromatic N) is 1. The maximum atomic E-state index is 12.1. The van der Waals surface area contributed by atoms with Crippen LogP contribution in [0.15, 0.2) is 35.7 Å². The summed E-state index contributed by atoms with van der Waals surface area (Å²) in [6.45, 7) is 1.74. The smallest absolute Gasteiger partial charge is 0.227 e. The first-order valence-electron chi connectivity index (χ1n) is 5.91. The molecular weight excluding hydrogens is 286 g/mol. The minimum absolute atomic E-state index is 0.0781. The van der Waals surface area contributed by atoms with E-state index in [-0.39, 0.29) is 11.7 Å². The molecule has 0 radical (unpaired) electrons. The molecule has 1 aliphatic heterocycles. The van der Waals surface area contributed by atoms with Gasteiger partial charge in [0.25, 0.3) is 0 Å². The number of hydrogen-bond donors (Lipinski definition) is 0. The summed E-state index contributed by atoms with van der Waals surface area (Å²) in [6.07, 6.45) is 1.85. The Kier molecular flexibility index (Phi) is 3.96. The van der Waals surface area contributed by atoms with Gasteiger partial charge in [-0.2, -0.15) is 0 Å². The van der Waals surface area contributed by atoms with E-state index in [1.54, 1.807) is 37.3 Å². The molecule has 1 aromatic carbocycles. The summed E-state index contributed by atoms with van der Waals surface area (Å²) < 4.78 is 23.0. The van der Waals surface area contributed by atoms with E-state index >= 15 is 0 Å². The molecule has 6 heteroatoms. The van der Waals surface area contributed by atoms with E-state index in [0.29, 0.717) is 17.1 Å². The molecular formula is C13H14ClNO3S. The van der Waals surface area contributed by atoms with Crippen molar-refractivity contribution in [2.24, 2.45) is 0 Å².